The average Bonchev–Trinajstić information content (AvgIpc) is 3.41. The summed E-state index contributed by atoms with van der Waals surface area (Å²) in [5, 5.41) is 7.38. The van der Waals surface area contributed by atoms with Gasteiger partial charge in [0.1, 0.15) is 0 Å². The largest absolute Gasteiger partial charge is 0.309 e. The molecule has 158 valence electrons. The Hall–Kier alpha value is -4.63. The maximum Gasteiger partial charge on any atom is 0.263 e. The second kappa shape index (κ2) is 6.24. The third-order valence-corrected chi connectivity index (χ3v) is 7.25. The van der Waals surface area contributed by atoms with Gasteiger partial charge in [-0.1, -0.05) is 78.9 Å². The van der Waals surface area contributed by atoms with Crippen LogP contribution in [0.15, 0.2) is 114 Å². The fraction of sp³-hybridized carbons (Fsp3) is 0. The fourth-order valence-electron chi connectivity index (χ4n) is 5.91. The van der Waals surface area contributed by atoms with Crippen LogP contribution in [0.5, 0.6) is 0 Å². The lowest BCUT2D eigenvalue weighted by Crippen LogP contribution is -2.12. The van der Waals surface area contributed by atoms with Gasteiger partial charge in [-0.05, 0) is 35.7 Å². The van der Waals surface area contributed by atoms with Gasteiger partial charge in [0.05, 0.1) is 22.1 Å². The van der Waals surface area contributed by atoms with Crippen molar-refractivity contribution in [3.63, 3.8) is 0 Å². The summed E-state index contributed by atoms with van der Waals surface area (Å²) in [4.78, 5) is 14.0. The van der Waals surface area contributed by atoms with Gasteiger partial charge in [0.15, 0.2) is 0 Å². The van der Waals surface area contributed by atoms with Gasteiger partial charge >= 0.3 is 0 Å². The molecule has 0 radical (unpaired) electrons. The Morgan fingerprint density at radius 2 is 1.06 bits per heavy atom. The number of hydrogen-bond acceptors (Lipinski definition) is 1. The lowest BCUT2D eigenvalue weighted by Gasteiger charge is -2.07. The van der Waals surface area contributed by atoms with Crippen molar-refractivity contribution in [1.29, 1.82) is 0 Å². The number of pyridine rings is 1. The Bertz CT molecular complexity index is 2130. The quantitative estimate of drug-likeness (QED) is 0.249. The third-order valence-electron chi connectivity index (χ3n) is 7.25. The summed E-state index contributed by atoms with van der Waals surface area (Å²) in [6.45, 7) is 0. The van der Waals surface area contributed by atoms with Crippen molar-refractivity contribution in [1.82, 2.24) is 8.97 Å². The first-order valence-electron chi connectivity index (χ1n) is 11.5. The molecule has 0 atom stereocenters. The monoisotopic (exact) mass is 434 g/mol. The minimum Gasteiger partial charge on any atom is -0.309 e. The summed E-state index contributed by atoms with van der Waals surface area (Å²) in [5.74, 6) is 0. The Morgan fingerprint density at radius 3 is 1.88 bits per heavy atom. The maximum atomic E-state index is 14.0. The van der Waals surface area contributed by atoms with Gasteiger partial charge in [-0.3, -0.25) is 9.20 Å². The minimum atomic E-state index is 0.0401. The van der Waals surface area contributed by atoms with E-state index >= 15 is 0 Å². The van der Waals surface area contributed by atoms with Crippen LogP contribution in [0.3, 0.4) is 0 Å². The smallest absolute Gasteiger partial charge is 0.263 e. The number of hydrogen-bond donors (Lipinski definition) is 0. The van der Waals surface area contributed by atoms with Crippen LogP contribution < -0.4 is 5.56 Å². The molecule has 5 aromatic carbocycles. The first-order valence-corrected chi connectivity index (χ1v) is 11.5. The van der Waals surface area contributed by atoms with E-state index in [1.807, 2.05) is 28.7 Å². The van der Waals surface area contributed by atoms with Gasteiger partial charge in [0, 0.05) is 38.0 Å². The maximum absolute atomic E-state index is 14.0. The standard InChI is InChI=1S/C31H18N2O/c34-31-24-12-5-4-11-20(24)21-14-8-15-22-23-17-18-27-28(30(23)33(31)29(21)22)25-13-6-7-16-26(25)32(27)19-9-2-1-3-10-19/h1-18H. The number of nitrogens with zero attached hydrogens (tertiary/aromatic N) is 2. The minimum absolute atomic E-state index is 0.0401. The molecule has 0 bridgehead atoms. The Morgan fingerprint density at radius 1 is 0.441 bits per heavy atom. The number of rotatable bonds is 1. The Balaban J connectivity index is 1.73. The fourth-order valence-corrected chi connectivity index (χ4v) is 5.91. The predicted octanol–water partition coefficient (Wildman–Crippen LogP) is 7.29. The first-order chi connectivity index (χ1) is 16.8. The van der Waals surface area contributed by atoms with Gasteiger partial charge in [0.25, 0.3) is 5.56 Å². The Labute approximate surface area is 194 Å². The van der Waals surface area contributed by atoms with E-state index in [-0.39, 0.29) is 5.56 Å². The zero-order valence-corrected chi connectivity index (χ0v) is 18.2. The van der Waals surface area contributed by atoms with Gasteiger partial charge in [-0.2, -0.15) is 0 Å². The van der Waals surface area contributed by atoms with Crippen LogP contribution in [0.1, 0.15) is 0 Å². The van der Waals surface area contributed by atoms with Gasteiger partial charge in [0.2, 0.25) is 0 Å². The van der Waals surface area contributed by atoms with Crippen LogP contribution in [-0.2, 0) is 0 Å². The summed E-state index contributed by atoms with van der Waals surface area (Å²) < 4.78 is 4.27. The van der Waals surface area contributed by atoms with E-state index in [1.165, 1.54) is 0 Å². The lowest BCUT2D eigenvalue weighted by atomic mass is 10.0. The van der Waals surface area contributed by atoms with Gasteiger partial charge in [-0.15, -0.1) is 0 Å². The van der Waals surface area contributed by atoms with E-state index < -0.39 is 0 Å². The molecule has 0 aliphatic heterocycles. The highest BCUT2D eigenvalue weighted by molar-refractivity contribution is 6.28. The van der Waals surface area contributed by atoms with E-state index in [9.17, 15) is 4.79 Å². The van der Waals surface area contributed by atoms with Gasteiger partial charge in [-0.25, -0.2) is 0 Å². The van der Waals surface area contributed by atoms with Crippen molar-refractivity contribution in [2.24, 2.45) is 0 Å². The number of para-hydroxylation sites is 3. The molecule has 8 rings (SSSR count). The highest BCUT2D eigenvalue weighted by atomic mass is 16.1. The van der Waals surface area contributed by atoms with E-state index in [4.69, 9.17) is 0 Å². The van der Waals surface area contributed by atoms with E-state index in [0.717, 1.165) is 65.5 Å². The molecule has 0 N–H and O–H groups in total. The highest BCUT2D eigenvalue weighted by Crippen LogP contribution is 2.41. The molecule has 0 fully saturated rings. The molecule has 3 heterocycles. The topological polar surface area (TPSA) is 26.4 Å². The van der Waals surface area contributed by atoms with Crippen molar-refractivity contribution in [2.45, 2.75) is 0 Å². The molecule has 0 unspecified atom stereocenters. The molecular formula is C31H18N2O. The second-order valence-electron chi connectivity index (χ2n) is 8.93. The van der Waals surface area contributed by atoms with Gasteiger partial charge < -0.3 is 4.57 Å². The summed E-state index contributed by atoms with van der Waals surface area (Å²) >= 11 is 0. The van der Waals surface area contributed by atoms with E-state index in [1.54, 1.807) is 0 Å². The van der Waals surface area contributed by atoms with Crippen molar-refractivity contribution < 1.29 is 0 Å². The Kier molecular flexibility index (Phi) is 3.28. The normalized spacial score (nSPS) is 12.2. The molecular weight excluding hydrogens is 416 g/mol. The van der Waals surface area contributed by atoms with Crippen molar-refractivity contribution in [3.8, 4) is 5.69 Å². The number of aromatic nitrogens is 2. The zero-order valence-electron chi connectivity index (χ0n) is 18.2. The summed E-state index contributed by atoms with van der Waals surface area (Å²) in [6.07, 6.45) is 0. The zero-order chi connectivity index (χ0) is 22.4. The molecule has 0 saturated carbocycles. The average molecular weight is 434 g/mol. The third kappa shape index (κ3) is 2.05. The van der Waals surface area contributed by atoms with Crippen LogP contribution >= 0.6 is 0 Å². The second-order valence-corrected chi connectivity index (χ2v) is 8.93. The van der Waals surface area contributed by atoms with Crippen LogP contribution in [0.2, 0.25) is 0 Å². The predicted molar refractivity (Wildman–Crippen MR) is 142 cm³/mol. The number of fused-ring (bicyclic) bond motifs is 9. The van der Waals surface area contributed by atoms with Crippen molar-refractivity contribution >= 4 is 59.8 Å². The molecule has 0 saturated heterocycles. The van der Waals surface area contributed by atoms with Crippen LogP contribution in [0.25, 0.3) is 65.5 Å². The summed E-state index contributed by atoms with van der Waals surface area (Å²) in [5.41, 5.74) is 5.39. The van der Waals surface area contributed by atoms with Crippen LogP contribution in [0.4, 0.5) is 0 Å². The molecule has 34 heavy (non-hydrogen) atoms. The lowest BCUT2D eigenvalue weighted by molar-refractivity contribution is 1.18. The van der Waals surface area contributed by atoms with Crippen molar-refractivity contribution in [3.05, 3.63) is 120 Å². The SMILES string of the molecule is O=c1c2ccccc2c2cccc3c4ccc5c(c6ccccc6n5-c5ccccc5)c4n1c23. The molecule has 0 aliphatic carbocycles. The molecule has 3 nitrogen and oxygen atoms in total. The first kappa shape index (κ1) is 17.9. The molecule has 3 aromatic heterocycles. The molecule has 0 spiro atoms. The summed E-state index contributed by atoms with van der Waals surface area (Å²) in [6, 6.07) is 37.6. The molecule has 0 aliphatic rings. The number of benzene rings is 5. The van der Waals surface area contributed by atoms with E-state index in [0.29, 0.717) is 0 Å². The molecule has 8 aromatic rings. The van der Waals surface area contributed by atoms with Crippen LogP contribution in [-0.4, -0.2) is 8.97 Å². The molecule has 3 heteroatoms. The van der Waals surface area contributed by atoms with Crippen molar-refractivity contribution in [2.75, 3.05) is 0 Å². The summed E-state index contributed by atoms with van der Waals surface area (Å²) in [7, 11) is 0. The highest BCUT2D eigenvalue weighted by Gasteiger charge is 2.22. The van der Waals surface area contributed by atoms with Crippen LogP contribution in [0, 0.1) is 0 Å². The van der Waals surface area contributed by atoms with E-state index in [2.05, 4.69) is 89.5 Å². The molecule has 0 amide bonds.